The van der Waals surface area contributed by atoms with E-state index in [1.165, 1.54) is 59.7 Å². The minimum atomic E-state index is 0.534. The summed E-state index contributed by atoms with van der Waals surface area (Å²) < 4.78 is 11.0. The van der Waals surface area contributed by atoms with Crippen molar-refractivity contribution in [1.29, 1.82) is 0 Å². The Hall–Kier alpha value is -7.76. The Kier molecular flexibility index (Phi) is 6.10. The average molecular weight is 727 g/mol. The Balaban J connectivity index is 0.994. The summed E-state index contributed by atoms with van der Waals surface area (Å²) in [7, 11) is 0. The van der Waals surface area contributed by atoms with Crippen molar-refractivity contribution in [3.8, 4) is 22.6 Å². The Morgan fingerprint density at radius 1 is 0.404 bits per heavy atom. The molecule has 13 rings (SSSR count). The third kappa shape index (κ3) is 4.28. The summed E-state index contributed by atoms with van der Waals surface area (Å²) >= 11 is 0. The van der Waals surface area contributed by atoms with E-state index in [0.717, 1.165) is 55.4 Å². The number of furan rings is 1. The fourth-order valence-corrected chi connectivity index (χ4v) is 9.44. The molecule has 0 aliphatic heterocycles. The smallest absolute Gasteiger partial charge is 0.246 e. The predicted octanol–water partition coefficient (Wildman–Crippen LogP) is 13.7. The van der Waals surface area contributed by atoms with E-state index in [0.29, 0.717) is 5.71 Å². The minimum Gasteiger partial charge on any atom is -0.436 e. The van der Waals surface area contributed by atoms with E-state index in [1.54, 1.807) is 0 Å². The highest BCUT2D eigenvalue weighted by atomic mass is 16.3. The quantitative estimate of drug-likeness (QED) is 0.170. The van der Waals surface area contributed by atoms with Crippen LogP contribution in [0.15, 0.2) is 187 Å². The minimum absolute atomic E-state index is 0.534. The first-order valence-corrected chi connectivity index (χ1v) is 19.3. The molecule has 5 heteroatoms. The standard InChI is InChI=1S/C52H30N4O/c1-2-11-34(12-3-1)55-44-16-8-6-14-39(44)42-28-32(19-25-46(42)55)33-20-26-47-43(29-33)40-15-7-9-17-45(40)56(47)49-30-53-52-51(54-49)50-41-23-22-36-35-13-5-4-10-31(35)18-21-37(36)38(41)24-27-48(50)57-52/h1-30H. The second kappa shape index (κ2) is 11.4. The molecule has 0 unspecified atom stereocenters. The summed E-state index contributed by atoms with van der Waals surface area (Å²) in [6, 6.07) is 63.2. The molecule has 0 radical (unpaired) electrons. The highest BCUT2D eigenvalue weighted by Crippen LogP contribution is 2.41. The van der Waals surface area contributed by atoms with Crippen molar-refractivity contribution < 1.29 is 4.42 Å². The van der Waals surface area contributed by atoms with Crippen LogP contribution in [0, 0.1) is 0 Å². The van der Waals surface area contributed by atoms with E-state index in [4.69, 9.17) is 14.4 Å². The molecular weight excluding hydrogens is 697 g/mol. The fraction of sp³-hybridized carbons (Fsp3) is 0. The van der Waals surface area contributed by atoms with Crippen molar-refractivity contribution in [2.45, 2.75) is 0 Å². The lowest BCUT2D eigenvalue weighted by Crippen LogP contribution is -1.98. The molecule has 264 valence electrons. The Bertz CT molecular complexity index is 3810. The first kappa shape index (κ1) is 30.6. The summed E-state index contributed by atoms with van der Waals surface area (Å²) in [5, 5.41) is 13.0. The summed E-state index contributed by atoms with van der Waals surface area (Å²) in [6.07, 6.45) is 1.84. The van der Waals surface area contributed by atoms with Crippen LogP contribution in [0.3, 0.4) is 0 Å². The molecule has 5 nitrogen and oxygen atoms in total. The normalized spacial score (nSPS) is 12.2. The zero-order chi connectivity index (χ0) is 37.2. The van der Waals surface area contributed by atoms with Crippen LogP contribution in [0.1, 0.15) is 0 Å². The van der Waals surface area contributed by atoms with Crippen LogP contribution in [-0.2, 0) is 0 Å². The molecule has 57 heavy (non-hydrogen) atoms. The number of benzene rings is 9. The molecule has 0 bridgehead atoms. The number of aromatic nitrogens is 4. The van der Waals surface area contributed by atoms with Gasteiger partial charge in [0.05, 0.1) is 33.6 Å². The zero-order valence-corrected chi connectivity index (χ0v) is 30.5. The summed E-state index contributed by atoms with van der Waals surface area (Å²) in [5.74, 6) is 0.753. The fourth-order valence-electron chi connectivity index (χ4n) is 9.44. The Morgan fingerprint density at radius 2 is 0.965 bits per heavy atom. The lowest BCUT2D eigenvalue weighted by atomic mass is 9.96. The van der Waals surface area contributed by atoms with Gasteiger partial charge in [0.25, 0.3) is 0 Å². The largest absolute Gasteiger partial charge is 0.436 e. The topological polar surface area (TPSA) is 48.8 Å². The van der Waals surface area contributed by atoms with Gasteiger partial charge in [0.2, 0.25) is 5.71 Å². The molecule has 0 saturated heterocycles. The van der Waals surface area contributed by atoms with E-state index in [1.807, 2.05) is 6.20 Å². The third-order valence-corrected chi connectivity index (χ3v) is 12.0. The van der Waals surface area contributed by atoms with Crippen LogP contribution in [0.25, 0.3) is 121 Å². The number of nitrogens with zero attached hydrogens (tertiary/aromatic N) is 4. The van der Waals surface area contributed by atoms with Crippen LogP contribution in [0.4, 0.5) is 0 Å². The Labute approximate surface area is 325 Å². The molecule has 13 aromatic rings. The van der Waals surface area contributed by atoms with Gasteiger partial charge in [-0.2, -0.15) is 0 Å². The van der Waals surface area contributed by atoms with Crippen molar-refractivity contribution >= 4 is 98.1 Å². The maximum absolute atomic E-state index is 6.35. The molecule has 0 aliphatic rings. The number of fused-ring (bicyclic) bond motifs is 15. The maximum atomic E-state index is 6.35. The third-order valence-electron chi connectivity index (χ3n) is 12.0. The molecule has 0 N–H and O–H groups in total. The molecule has 0 amide bonds. The number of para-hydroxylation sites is 3. The average Bonchev–Trinajstić information content (AvgIpc) is 3.93. The number of rotatable bonds is 3. The molecular formula is C52H30N4O. The highest BCUT2D eigenvalue weighted by molar-refractivity contribution is 6.25. The van der Waals surface area contributed by atoms with Crippen LogP contribution >= 0.6 is 0 Å². The van der Waals surface area contributed by atoms with Gasteiger partial charge in [-0.15, -0.1) is 0 Å². The van der Waals surface area contributed by atoms with Gasteiger partial charge in [0, 0.05) is 27.2 Å². The van der Waals surface area contributed by atoms with E-state index in [9.17, 15) is 0 Å². The van der Waals surface area contributed by atoms with E-state index < -0.39 is 0 Å². The molecule has 9 aromatic carbocycles. The zero-order valence-electron chi connectivity index (χ0n) is 30.5. The van der Waals surface area contributed by atoms with Gasteiger partial charge in [0.1, 0.15) is 11.1 Å². The van der Waals surface area contributed by atoms with Gasteiger partial charge in [-0.3, -0.25) is 4.57 Å². The highest BCUT2D eigenvalue weighted by Gasteiger charge is 2.20. The Morgan fingerprint density at radius 3 is 1.74 bits per heavy atom. The van der Waals surface area contributed by atoms with Gasteiger partial charge in [0.15, 0.2) is 5.82 Å². The SMILES string of the molecule is c1ccc(-n2c3ccccc3c3cc(-c4ccc5c(c4)c4ccccc4n5-c4cnc5oc6ccc7c8ccc9ccccc9c8ccc7c6c5n4)ccc32)cc1. The number of hydrogen-bond acceptors (Lipinski definition) is 3. The molecule has 4 aromatic heterocycles. The lowest BCUT2D eigenvalue weighted by Gasteiger charge is -2.09. The molecule has 0 atom stereocenters. The maximum Gasteiger partial charge on any atom is 0.246 e. The molecule has 4 heterocycles. The van der Waals surface area contributed by atoms with E-state index in [-0.39, 0.29) is 0 Å². The predicted molar refractivity (Wildman–Crippen MR) is 236 cm³/mol. The van der Waals surface area contributed by atoms with Crippen molar-refractivity contribution in [3.05, 3.63) is 182 Å². The van der Waals surface area contributed by atoms with Gasteiger partial charge in [-0.05, 0) is 98.0 Å². The molecule has 0 aliphatic carbocycles. The molecule has 0 spiro atoms. The van der Waals surface area contributed by atoms with E-state index >= 15 is 0 Å². The first-order valence-electron chi connectivity index (χ1n) is 19.3. The van der Waals surface area contributed by atoms with Crippen molar-refractivity contribution in [2.24, 2.45) is 0 Å². The van der Waals surface area contributed by atoms with Crippen LogP contribution in [-0.4, -0.2) is 19.1 Å². The number of hydrogen-bond donors (Lipinski definition) is 0. The van der Waals surface area contributed by atoms with Gasteiger partial charge in [-0.1, -0.05) is 121 Å². The van der Waals surface area contributed by atoms with Crippen LogP contribution < -0.4 is 0 Å². The summed E-state index contributed by atoms with van der Waals surface area (Å²) in [6.45, 7) is 0. The molecule has 0 saturated carbocycles. The second-order valence-corrected chi connectivity index (χ2v) is 15.0. The van der Waals surface area contributed by atoms with Gasteiger partial charge < -0.3 is 8.98 Å². The van der Waals surface area contributed by atoms with Gasteiger partial charge in [-0.25, -0.2) is 9.97 Å². The monoisotopic (exact) mass is 726 g/mol. The van der Waals surface area contributed by atoms with Gasteiger partial charge >= 0.3 is 0 Å². The van der Waals surface area contributed by atoms with Crippen LogP contribution in [0.2, 0.25) is 0 Å². The summed E-state index contributed by atoms with van der Waals surface area (Å²) in [5.41, 5.74) is 10.1. The lowest BCUT2D eigenvalue weighted by molar-refractivity contribution is 0.652. The summed E-state index contributed by atoms with van der Waals surface area (Å²) in [4.78, 5) is 10.3. The van der Waals surface area contributed by atoms with Crippen LogP contribution in [0.5, 0.6) is 0 Å². The van der Waals surface area contributed by atoms with E-state index in [2.05, 4.69) is 185 Å². The van der Waals surface area contributed by atoms with Crippen molar-refractivity contribution in [1.82, 2.24) is 19.1 Å². The first-order chi connectivity index (χ1) is 28.3. The second-order valence-electron chi connectivity index (χ2n) is 15.0. The molecule has 0 fully saturated rings. The van der Waals surface area contributed by atoms with Crippen molar-refractivity contribution in [3.63, 3.8) is 0 Å². The van der Waals surface area contributed by atoms with Crippen molar-refractivity contribution in [2.75, 3.05) is 0 Å².